The van der Waals surface area contributed by atoms with E-state index in [4.69, 9.17) is 10.3 Å². The van der Waals surface area contributed by atoms with E-state index < -0.39 is 0 Å². The fourth-order valence-electron chi connectivity index (χ4n) is 2.49. The number of fused-ring (bicyclic) bond motifs is 1. The van der Waals surface area contributed by atoms with E-state index in [-0.39, 0.29) is 0 Å². The molecule has 3 heterocycles. The van der Waals surface area contributed by atoms with Crippen molar-refractivity contribution >= 4 is 11.4 Å². The summed E-state index contributed by atoms with van der Waals surface area (Å²) in [4.78, 5) is 0. The van der Waals surface area contributed by atoms with Gasteiger partial charge >= 0.3 is 0 Å². The van der Waals surface area contributed by atoms with Gasteiger partial charge in [0.2, 0.25) is 5.88 Å². The minimum absolute atomic E-state index is 0.312. The zero-order valence-electron chi connectivity index (χ0n) is 11.1. The first-order chi connectivity index (χ1) is 10.3. The molecule has 0 amide bonds. The number of nitrogen functional groups attached to an aromatic ring is 1. The van der Waals surface area contributed by atoms with Gasteiger partial charge in [0.15, 0.2) is 0 Å². The van der Waals surface area contributed by atoms with Gasteiger partial charge in [-0.05, 0) is 17.7 Å². The molecule has 0 saturated heterocycles. The first-order valence-electron chi connectivity index (χ1n) is 6.58. The highest BCUT2D eigenvalue weighted by atomic mass is 16.5. The van der Waals surface area contributed by atoms with Crippen LogP contribution in [-0.4, -0.2) is 14.8 Å². The molecule has 0 unspecified atom stereocenters. The van der Waals surface area contributed by atoms with Gasteiger partial charge in [-0.25, -0.2) is 4.52 Å². The van der Waals surface area contributed by atoms with Crippen LogP contribution in [0.15, 0.2) is 65.4 Å². The Kier molecular flexibility index (Phi) is 2.50. The monoisotopic (exact) mass is 276 g/mol. The molecule has 1 aromatic carbocycles. The third-order valence-electron chi connectivity index (χ3n) is 3.46. The summed E-state index contributed by atoms with van der Waals surface area (Å²) in [5.41, 5.74) is 10.3. The Morgan fingerprint density at radius 1 is 1.00 bits per heavy atom. The maximum absolute atomic E-state index is 5.97. The normalized spacial score (nSPS) is 11.0. The quantitative estimate of drug-likeness (QED) is 0.610. The van der Waals surface area contributed by atoms with Crippen LogP contribution in [0.25, 0.3) is 27.9 Å². The standard InChI is InChI=1S/C16H12N4O/c17-16-14(11-6-2-1-3-7-11)15(19-21-16)12-10-18-20-9-5-4-8-13(12)20/h1-10H,17H2. The molecule has 3 aromatic heterocycles. The number of anilines is 1. The van der Waals surface area contributed by atoms with Crippen molar-refractivity contribution in [1.82, 2.24) is 14.8 Å². The highest BCUT2D eigenvalue weighted by molar-refractivity contribution is 5.91. The van der Waals surface area contributed by atoms with Crippen LogP contribution < -0.4 is 5.73 Å². The van der Waals surface area contributed by atoms with Crippen LogP contribution in [-0.2, 0) is 0 Å². The van der Waals surface area contributed by atoms with Crippen molar-refractivity contribution in [2.24, 2.45) is 0 Å². The number of rotatable bonds is 2. The molecule has 0 saturated carbocycles. The molecule has 0 atom stereocenters. The predicted octanol–water partition coefficient (Wildman–Crippen LogP) is 3.24. The highest BCUT2D eigenvalue weighted by Gasteiger charge is 2.20. The summed E-state index contributed by atoms with van der Waals surface area (Å²) < 4.78 is 7.01. The van der Waals surface area contributed by atoms with Crippen molar-refractivity contribution in [3.8, 4) is 22.4 Å². The Morgan fingerprint density at radius 2 is 1.81 bits per heavy atom. The lowest BCUT2D eigenvalue weighted by atomic mass is 10.0. The second-order valence-corrected chi connectivity index (χ2v) is 4.73. The van der Waals surface area contributed by atoms with Crippen LogP contribution in [0.4, 0.5) is 5.88 Å². The van der Waals surface area contributed by atoms with Crippen LogP contribution in [0.1, 0.15) is 0 Å². The third-order valence-corrected chi connectivity index (χ3v) is 3.46. The van der Waals surface area contributed by atoms with Gasteiger partial charge in [-0.1, -0.05) is 41.6 Å². The fraction of sp³-hybridized carbons (Fsp3) is 0. The van der Waals surface area contributed by atoms with Gasteiger partial charge in [0.1, 0.15) is 5.69 Å². The molecule has 0 aliphatic rings. The van der Waals surface area contributed by atoms with Crippen LogP contribution in [0.2, 0.25) is 0 Å². The van der Waals surface area contributed by atoms with Crippen molar-refractivity contribution in [3.63, 3.8) is 0 Å². The van der Waals surface area contributed by atoms with E-state index in [2.05, 4.69) is 10.3 Å². The molecule has 21 heavy (non-hydrogen) atoms. The molecule has 5 nitrogen and oxygen atoms in total. The minimum atomic E-state index is 0.312. The fourth-order valence-corrected chi connectivity index (χ4v) is 2.49. The smallest absolute Gasteiger partial charge is 0.230 e. The van der Waals surface area contributed by atoms with Gasteiger partial charge in [0.25, 0.3) is 0 Å². The Hall–Kier alpha value is -3.08. The molecule has 0 bridgehead atoms. The predicted molar refractivity (Wildman–Crippen MR) is 80.5 cm³/mol. The molecule has 102 valence electrons. The van der Waals surface area contributed by atoms with Crippen molar-refractivity contribution in [1.29, 1.82) is 0 Å². The molecule has 5 heteroatoms. The van der Waals surface area contributed by atoms with Crippen LogP contribution in [0, 0.1) is 0 Å². The van der Waals surface area contributed by atoms with E-state index in [1.807, 2.05) is 54.7 Å². The lowest BCUT2D eigenvalue weighted by Crippen LogP contribution is -1.88. The van der Waals surface area contributed by atoms with E-state index in [9.17, 15) is 0 Å². The number of benzene rings is 1. The first kappa shape index (κ1) is 11.7. The van der Waals surface area contributed by atoms with Gasteiger partial charge < -0.3 is 10.3 Å². The summed E-state index contributed by atoms with van der Waals surface area (Å²) >= 11 is 0. The Labute approximate surface area is 120 Å². The molecule has 4 aromatic rings. The maximum Gasteiger partial charge on any atom is 0.230 e. The maximum atomic E-state index is 5.97. The SMILES string of the molecule is Nc1onc(-c2cnn3ccccc23)c1-c1ccccc1. The third kappa shape index (κ3) is 1.79. The Balaban J connectivity index is 1.98. The van der Waals surface area contributed by atoms with Gasteiger partial charge in [0.05, 0.1) is 22.8 Å². The van der Waals surface area contributed by atoms with Gasteiger partial charge in [0, 0.05) is 6.20 Å². The molecule has 0 spiro atoms. The van der Waals surface area contributed by atoms with E-state index in [0.29, 0.717) is 11.6 Å². The van der Waals surface area contributed by atoms with Crippen LogP contribution in [0.5, 0.6) is 0 Å². The average Bonchev–Trinajstić information content (AvgIpc) is 3.11. The summed E-state index contributed by atoms with van der Waals surface area (Å²) in [6.45, 7) is 0. The topological polar surface area (TPSA) is 69.3 Å². The molecule has 2 N–H and O–H groups in total. The van der Waals surface area contributed by atoms with Gasteiger partial charge in [-0.2, -0.15) is 5.10 Å². The zero-order valence-corrected chi connectivity index (χ0v) is 11.1. The number of nitrogens with two attached hydrogens (primary N) is 1. The van der Waals surface area contributed by atoms with Crippen LogP contribution in [0.3, 0.4) is 0 Å². The Morgan fingerprint density at radius 3 is 2.67 bits per heavy atom. The van der Waals surface area contributed by atoms with E-state index in [0.717, 1.165) is 22.2 Å². The molecule has 0 radical (unpaired) electrons. The molecule has 0 aliphatic heterocycles. The van der Waals surface area contributed by atoms with E-state index in [1.54, 1.807) is 10.7 Å². The number of nitrogens with zero attached hydrogens (tertiary/aromatic N) is 3. The van der Waals surface area contributed by atoms with Crippen LogP contribution >= 0.6 is 0 Å². The van der Waals surface area contributed by atoms with Crippen molar-refractivity contribution in [3.05, 3.63) is 60.9 Å². The lowest BCUT2D eigenvalue weighted by Gasteiger charge is -2.01. The minimum Gasteiger partial charge on any atom is -0.367 e. The first-order valence-corrected chi connectivity index (χ1v) is 6.58. The lowest BCUT2D eigenvalue weighted by molar-refractivity contribution is 0.439. The summed E-state index contributed by atoms with van der Waals surface area (Å²) in [6.07, 6.45) is 3.67. The Bertz CT molecular complexity index is 908. The number of pyridine rings is 1. The zero-order chi connectivity index (χ0) is 14.2. The highest BCUT2D eigenvalue weighted by Crippen LogP contribution is 2.37. The molecular weight excluding hydrogens is 264 g/mol. The van der Waals surface area contributed by atoms with Crippen molar-refractivity contribution in [2.75, 3.05) is 5.73 Å². The van der Waals surface area contributed by atoms with Crippen molar-refractivity contribution in [2.45, 2.75) is 0 Å². The van der Waals surface area contributed by atoms with Gasteiger partial charge in [-0.15, -0.1) is 0 Å². The summed E-state index contributed by atoms with van der Waals surface area (Å²) in [6, 6.07) is 15.7. The number of hydrogen-bond donors (Lipinski definition) is 1. The average molecular weight is 276 g/mol. The molecule has 0 fully saturated rings. The molecule has 4 rings (SSSR count). The second-order valence-electron chi connectivity index (χ2n) is 4.73. The largest absolute Gasteiger partial charge is 0.367 e. The number of aromatic nitrogens is 3. The number of hydrogen-bond acceptors (Lipinski definition) is 4. The molecule has 0 aliphatic carbocycles. The second kappa shape index (κ2) is 4.49. The summed E-state index contributed by atoms with van der Waals surface area (Å²) in [5.74, 6) is 0.312. The summed E-state index contributed by atoms with van der Waals surface area (Å²) in [5, 5.41) is 8.46. The van der Waals surface area contributed by atoms with Gasteiger partial charge in [-0.3, -0.25) is 0 Å². The van der Waals surface area contributed by atoms with Crippen molar-refractivity contribution < 1.29 is 4.52 Å². The molecular formula is C16H12N4O. The van der Waals surface area contributed by atoms with E-state index >= 15 is 0 Å². The summed E-state index contributed by atoms with van der Waals surface area (Å²) in [7, 11) is 0. The van der Waals surface area contributed by atoms with E-state index in [1.165, 1.54) is 0 Å².